The third kappa shape index (κ3) is 5.06. The summed E-state index contributed by atoms with van der Waals surface area (Å²) in [7, 11) is 0. The van der Waals surface area contributed by atoms with Gasteiger partial charge in [0.25, 0.3) is 0 Å². The zero-order valence-electron chi connectivity index (χ0n) is 8.53. The summed E-state index contributed by atoms with van der Waals surface area (Å²) >= 11 is 0. The van der Waals surface area contributed by atoms with Crippen molar-refractivity contribution in [1.29, 1.82) is 0 Å². The summed E-state index contributed by atoms with van der Waals surface area (Å²) in [5.41, 5.74) is 5.64. The Morgan fingerprint density at radius 2 is 2.00 bits per heavy atom. The minimum atomic E-state index is 0. The van der Waals surface area contributed by atoms with Gasteiger partial charge in [-0.15, -0.1) is 24.8 Å². The van der Waals surface area contributed by atoms with E-state index in [0.717, 1.165) is 12.5 Å². The van der Waals surface area contributed by atoms with Crippen molar-refractivity contribution in [3.05, 3.63) is 0 Å². The van der Waals surface area contributed by atoms with Gasteiger partial charge in [0.05, 0.1) is 0 Å². The molecular weight excluding hydrogens is 207 g/mol. The van der Waals surface area contributed by atoms with Crippen LogP contribution in [0.2, 0.25) is 0 Å². The van der Waals surface area contributed by atoms with Crippen molar-refractivity contribution in [3.63, 3.8) is 0 Å². The summed E-state index contributed by atoms with van der Waals surface area (Å²) < 4.78 is 0. The number of hydrogen-bond donors (Lipinski definition) is 1. The van der Waals surface area contributed by atoms with Gasteiger partial charge in [0.2, 0.25) is 0 Å². The van der Waals surface area contributed by atoms with Gasteiger partial charge in [-0.1, -0.05) is 0 Å². The quantitative estimate of drug-likeness (QED) is 0.783. The first kappa shape index (κ1) is 15.9. The highest BCUT2D eigenvalue weighted by atomic mass is 35.5. The number of halogens is 2. The lowest BCUT2D eigenvalue weighted by atomic mass is 9.97. The molecule has 4 heteroatoms. The molecule has 82 valence electrons. The Balaban J connectivity index is 0. The first-order chi connectivity index (χ1) is 5.24. The van der Waals surface area contributed by atoms with Crippen LogP contribution in [0.5, 0.6) is 0 Å². The van der Waals surface area contributed by atoms with Crippen LogP contribution in [0.4, 0.5) is 0 Å². The normalized spacial score (nSPS) is 23.5. The van der Waals surface area contributed by atoms with E-state index in [-0.39, 0.29) is 24.8 Å². The molecular formula is C9H22Cl2N2. The minimum absolute atomic E-state index is 0. The highest BCUT2D eigenvalue weighted by Gasteiger charge is 2.19. The molecule has 1 rings (SSSR count). The SMILES string of the molecule is CC(C)N1CCCC(CN)C1.Cl.Cl. The van der Waals surface area contributed by atoms with E-state index in [2.05, 4.69) is 18.7 Å². The molecule has 0 aromatic carbocycles. The Kier molecular flexibility index (Phi) is 9.65. The Hall–Kier alpha value is 0.500. The molecule has 1 heterocycles. The van der Waals surface area contributed by atoms with Crippen molar-refractivity contribution in [3.8, 4) is 0 Å². The maximum absolute atomic E-state index is 5.64. The molecule has 1 unspecified atom stereocenters. The van der Waals surface area contributed by atoms with Gasteiger partial charge < -0.3 is 10.6 Å². The second-order valence-electron chi connectivity index (χ2n) is 3.83. The van der Waals surface area contributed by atoms with Crippen LogP contribution in [-0.4, -0.2) is 30.6 Å². The molecule has 0 aromatic rings. The molecule has 1 fully saturated rings. The second-order valence-corrected chi connectivity index (χ2v) is 3.83. The number of piperidine rings is 1. The first-order valence-electron chi connectivity index (χ1n) is 4.68. The van der Waals surface area contributed by atoms with Crippen molar-refractivity contribution >= 4 is 24.8 Å². The topological polar surface area (TPSA) is 29.3 Å². The van der Waals surface area contributed by atoms with E-state index in [1.165, 1.54) is 25.9 Å². The summed E-state index contributed by atoms with van der Waals surface area (Å²) in [6, 6.07) is 0.698. The van der Waals surface area contributed by atoms with E-state index >= 15 is 0 Å². The van der Waals surface area contributed by atoms with Crippen LogP contribution in [0.25, 0.3) is 0 Å². The van der Waals surface area contributed by atoms with Crippen molar-refractivity contribution in [2.24, 2.45) is 11.7 Å². The highest BCUT2D eigenvalue weighted by Crippen LogP contribution is 2.16. The van der Waals surface area contributed by atoms with E-state index in [0.29, 0.717) is 6.04 Å². The molecule has 13 heavy (non-hydrogen) atoms. The number of nitrogens with zero attached hydrogens (tertiary/aromatic N) is 1. The third-order valence-corrected chi connectivity index (χ3v) is 2.61. The first-order valence-corrected chi connectivity index (χ1v) is 4.68. The van der Waals surface area contributed by atoms with Crippen LogP contribution in [-0.2, 0) is 0 Å². The van der Waals surface area contributed by atoms with E-state index in [4.69, 9.17) is 5.73 Å². The molecule has 0 radical (unpaired) electrons. The van der Waals surface area contributed by atoms with Gasteiger partial charge in [-0.25, -0.2) is 0 Å². The minimum Gasteiger partial charge on any atom is -0.330 e. The van der Waals surface area contributed by atoms with E-state index < -0.39 is 0 Å². The summed E-state index contributed by atoms with van der Waals surface area (Å²) in [6.07, 6.45) is 2.67. The molecule has 1 atom stereocenters. The van der Waals surface area contributed by atoms with Gasteiger partial charge in [0.1, 0.15) is 0 Å². The van der Waals surface area contributed by atoms with Gasteiger partial charge in [0.15, 0.2) is 0 Å². The van der Waals surface area contributed by atoms with Crippen LogP contribution < -0.4 is 5.73 Å². The molecule has 0 spiro atoms. The monoisotopic (exact) mass is 228 g/mol. The molecule has 0 aromatic heterocycles. The maximum atomic E-state index is 5.64. The third-order valence-electron chi connectivity index (χ3n) is 2.61. The molecule has 1 aliphatic heterocycles. The lowest BCUT2D eigenvalue weighted by Gasteiger charge is -2.34. The summed E-state index contributed by atoms with van der Waals surface area (Å²) in [4.78, 5) is 2.53. The molecule has 2 nitrogen and oxygen atoms in total. The number of hydrogen-bond acceptors (Lipinski definition) is 2. The molecule has 0 saturated carbocycles. The van der Waals surface area contributed by atoms with E-state index in [9.17, 15) is 0 Å². The zero-order valence-corrected chi connectivity index (χ0v) is 10.2. The van der Waals surface area contributed by atoms with E-state index in [1.807, 2.05) is 0 Å². The van der Waals surface area contributed by atoms with Crippen molar-refractivity contribution in [1.82, 2.24) is 4.90 Å². The number of likely N-dealkylation sites (tertiary alicyclic amines) is 1. The summed E-state index contributed by atoms with van der Waals surface area (Å²) in [5, 5.41) is 0. The average molecular weight is 229 g/mol. The Labute approximate surface area is 94.1 Å². The molecule has 0 bridgehead atoms. The Morgan fingerprint density at radius 3 is 2.46 bits per heavy atom. The number of nitrogens with two attached hydrogens (primary N) is 1. The van der Waals surface area contributed by atoms with Crippen LogP contribution in [0.1, 0.15) is 26.7 Å². The summed E-state index contributed by atoms with van der Waals surface area (Å²) in [5.74, 6) is 0.756. The van der Waals surface area contributed by atoms with Crippen molar-refractivity contribution in [2.45, 2.75) is 32.7 Å². The van der Waals surface area contributed by atoms with Gasteiger partial charge in [-0.05, 0) is 45.7 Å². The second kappa shape index (κ2) is 7.86. The average Bonchev–Trinajstić information content (AvgIpc) is 2.05. The van der Waals surface area contributed by atoms with Crippen LogP contribution in [0.15, 0.2) is 0 Å². The summed E-state index contributed by atoms with van der Waals surface area (Å²) in [6.45, 7) is 7.88. The smallest absolute Gasteiger partial charge is 0.00387 e. The van der Waals surface area contributed by atoms with Crippen molar-refractivity contribution < 1.29 is 0 Å². The maximum Gasteiger partial charge on any atom is 0.00387 e. The van der Waals surface area contributed by atoms with Crippen molar-refractivity contribution in [2.75, 3.05) is 19.6 Å². The predicted molar refractivity (Wildman–Crippen MR) is 63.0 cm³/mol. The van der Waals surface area contributed by atoms with Crippen LogP contribution in [0.3, 0.4) is 0 Å². The van der Waals surface area contributed by atoms with Crippen LogP contribution >= 0.6 is 24.8 Å². The van der Waals surface area contributed by atoms with Gasteiger partial charge >= 0.3 is 0 Å². The molecule has 2 N–H and O–H groups in total. The fraction of sp³-hybridized carbons (Fsp3) is 1.00. The Morgan fingerprint density at radius 1 is 1.38 bits per heavy atom. The molecule has 1 saturated heterocycles. The largest absolute Gasteiger partial charge is 0.330 e. The highest BCUT2D eigenvalue weighted by molar-refractivity contribution is 5.85. The Bertz CT molecular complexity index is 120. The lowest BCUT2D eigenvalue weighted by molar-refractivity contribution is 0.143. The fourth-order valence-corrected chi connectivity index (χ4v) is 1.76. The molecule has 0 amide bonds. The number of rotatable bonds is 2. The van der Waals surface area contributed by atoms with Gasteiger partial charge in [-0.3, -0.25) is 0 Å². The van der Waals surface area contributed by atoms with Gasteiger partial charge in [0, 0.05) is 12.6 Å². The molecule has 0 aliphatic carbocycles. The van der Waals surface area contributed by atoms with Gasteiger partial charge in [-0.2, -0.15) is 0 Å². The molecule has 1 aliphatic rings. The fourth-order valence-electron chi connectivity index (χ4n) is 1.76. The predicted octanol–water partition coefficient (Wildman–Crippen LogP) is 1.91. The van der Waals surface area contributed by atoms with E-state index in [1.54, 1.807) is 0 Å². The lowest BCUT2D eigenvalue weighted by Crippen LogP contribution is -2.42. The standard InChI is InChI=1S/C9H20N2.2ClH/c1-8(2)11-5-3-4-9(6-10)7-11;;/h8-9H,3-7,10H2,1-2H3;2*1H. The zero-order chi connectivity index (χ0) is 8.27. The van der Waals surface area contributed by atoms with Crippen LogP contribution in [0, 0.1) is 5.92 Å².